The van der Waals surface area contributed by atoms with Crippen LogP contribution >= 0.6 is 0 Å². The number of benzene rings is 1. The summed E-state index contributed by atoms with van der Waals surface area (Å²) in [6.07, 6.45) is 6.73. The van der Waals surface area contributed by atoms with E-state index in [0.717, 1.165) is 38.5 Å². The molecule has 0 unspecified atom stereocenters. The third-order valence-electron chi connectivity index (χ3n) is 5.83. The van der Waals surface area contributed by atoms with Gasteiger partial charge in [-0.2, -0.15) is 0 Å². The molecule has 7 heteroatoms. The van der Waals surface area contributed by atoms with E-state index in [2.05, 4.69) is 10.3 Å². The Bertz CT molecular complexity index is 878. The average Bonchev–Trinajstić information content (AvgIpc) is 3.16. The molecular weight excluding hydrogens is 370 g/mol. The van der Waals surface area contributed by atoms with Crippen molar-refractivity contribution < 1.29 is 18.7 Å². The van der Waals surface area contributed by atoms with Crippen LogP contribution in [0, 0.1) is 6.92 Å². The molecule has 3 heterocycles. The third-order valence-corrected chi connectivity index (χ3v) is 5.83. The zero-order valence-electron chi connectivity index (χ0n) is 16.7. The summed E-state index contributed by atoms with van der Waals surface area (Å²) in [5, 5.41) is 3.18. The fraction of sp³-hybridized carbons (Fsp3) is 0.500. The highest BCUT2D eigenvalue weighted by atomic mass is 16.5. The second kappa shape index (κ2) is 8.68. The van der Waals surface area contributed by atoms with Gasteiger partial charge in [0.1, 0.15) is 5.75 Å². The summed E-state index contributed by atoms with van der Waals surface area (Å²) in [6, 6.07) is 7.18. The van der Waals surface area contributed by atoms with Crippen LogP contribution in [-0.2, 0) is 0 Å². The maximum absolute atomic E-state index is 13.2. The monoisotopic (exact) mass is 397 g/mol. The Balaban J connectivity index is 1.61. The van der Waals surface area contributed by atoms with Crippen molar-refractivity contribution in [3.63, 3.8) is 0 Å². The summed E-state index contributed by atoms with van der Waals surface area (Å²) in [5.74, 6) is 0.617. The van der Waals surface area contributed by atoms with Crippen molar-refractivity contribution in [2.45, 2.75) is 57.5 Å². The number of likely N-dealkylation sites (tertiary alicyclic amines) is 1. The SMILES string of the molecule is Cc1ncoc1C(=O)N1CCC[C@@H]2NC(=O)c3ccccc3OCCCCC[C@@H]21. The summed E-state index contributed by atoms with van der Waals surface area (Å²) in [7, 11) is 0. The van der Waals surface area contributed by atoms with E-state index in [1.807, 2.05) is 23.1 Å². The number of para-hydroxylation sites is 1. The Morgan fingerprint density at radius 2 is 2.03 bits per heavy atom. The molecule has 2 aliphatic heterocycles. The second-order valence-corrected chi connectivity index (χ2v) is 7.75. The number of ether oxygens (including phenoxy) is 1. The first-order chi connectivity index (χ1) is 14.1. The van der Waals surface area contributed by atoms with Crippen LogP contribution in [0.25, 0.3) is 0 Å². The number of rotatable bonds is 1. The average molecular weight is 397 g/mol. The first kappa shape index (κ1) is 19.5. The van der Waals surface area contributed by atoms with Gasteiger partial charge in [0, 0.05) is 12.6 Å². The normalized spacial score (nSPS) is 22.9. The maximum atomic E-state index is 13.2. The van der Waals surface area contributed by atoms with Crippen LogP contribution < -0.4 is 10.1 Å². The number of aryl methyl sites for hydroxylation is 1. The molecule has 0 spiro atoms. The van der Waals surface area contributed by atoms with Crippen LogP contribution in [0.3, 0.4) is 0 Å². The van der Waals surface area contributed by atoms with Gasteiger partial charge in [0.15, 0.2) is 6.39 Å². The van der Waals surface area contributed by atoms with E-state index in [-0.39, 0.29) is 23.9 Å². The fourth-order valence-electron chi connectivity index (χ4n) is 4.31. The third kappa shape index (κ3) is 4.13. The summed E-state index contributed by atoms with van der Waals surface area (Å²) in [5.41, 5.74) is 1.14. The van der Waals surface area contributed by atoms with Gasteiger partial charge in [0.2, 0.25) is 5.76 Å². The molecule has 7 nitrogen and oxygen atoms in total. The first-order valence-corrected chi connectivity index (χ1v) is 10.4. The highest BCUT2D eigenvalue weighted by Gasteiger charge is 2.37. The number of amides is 2. The Hall–Kier alpha value is -2.83. The van der Waals surface area contributed by atoms with Gasteiger partial charge in [-0.25, -0.2) is 4.98 Å². The molecule has 2 amide bonds. The van der Waals surface area contributed by atoms with Gasteiger partial charge in [0.25, 0.3) is 11.8 Å². The molecule has 154 valence electrons. The van der Waals surface area contributed by atoms with Crippen molar-refractivity contribution in [1.82, 2.24) is 15.2 Å². The fourth-order valence-corrected chi connectivity index (χ4v) is 4.31. The van der Waals surface area contributed by atoms with Gasteiger partial charge < -0.3 is 19.4 Å². The molecule has 0 aliphatic carbocycles. The first-order valence-electron chi connectivity index (χ1n) is 10.4. The number of nitrogens with zero attached hydrogens (tertiary/aromatic N) is 2. The van der Waals surface area contributed by atoms with Crippen molar-refractivity contribution >= 4 is 11.8 Å². The zero-order valence-corrected chi connectivity index (χ0v) is 16.7. The number of aromatic nitrogens is 1. The number of fused-ring (bicyclic) bond motifs is 2. The van der Waals surface area contributed by atoms with Gasteiger partial charge >= 0.3 is 0 Å². The quantitative estimate of drug-likeness (QED) is 0.798. The van der Waals surface area contributed by atoms with E-state index in [1.54, 1.807) is 13.0 Å². The molecule has 2 aromatic rings. The van der Waals surface area contributed by atoms with Crippen molar-refractivity contribution in [1.29, 1.82) is 0 Å². The van der Waals surface area contributed by atoms with Crippen LogP contribution in [0.1, 0.15) is 65.1 Å². The molecule has 2 atom stereocenters. The molecular formula is C22H27N3O4. The van der Waals surface area contributed by atoms with E-state index in [0.29, 0.717) is 35.9 Å². The zero-order chi connectivity index (χ0) is 20.2. The molecule has 1 fully saturated rings. The van der Waals surface area contributed by atoms with Crippen LogP contribution in [0.5, 0.6) is 5.75 Å². The summed E-state index contributed by atoms with van der Waals surface area (Å²) in [6.45, 7) is 3.02. The topological polar surface area (TPSA) is 84.7 Å². The van der Waals surface area contributed by atoms with Crippen LogP contribution in [0.15, 0.2) is 35.1 Å². The Morgan fingerprint density at radius 3 is 2.86 bits per heavy atom. The van der Waals surface area contributed by atoms with Crippen LogP contribution in [0.4, 0.5) is 0 Å². The summed E-state index contributed by atoms with van der Waals surface area (Å²) < 4.78 is 11.2. The van der Waals surface area contributed by atoms with Crippen molar-refractivity contribution in [3.05, 3.63) is 47.7 Å². The predicted molar refractivity (Wildman–Crippen MR) is 107 cm³/mol. The Kier molecular flexibility index (Phi) is 5.83. The van der Waals surface area contributed by atoms with Gasteiger partial charge in [-0.3, -0.25) is 9.59 Å². The van der Waals surface area contributed by atoms with E-state index in [4.69, 9.17) is 9.15 Å². The molecule has 1 aromatic heterocycles. The van der Waals surface area contributed by atoms with Crippen molar-refractivity contribution in [3.8, 4) is 5.75 Å². The smallest absolute Gasteiger partial charge is 0.291 e. The number of piperidine rings is 1. The second-order valence-electron chi connectivity index (χ2n) is 7.75. The highest BCUT2D eigenvalue weighted by molar-refractivity contribution is 5.97. The van der Waals surface area contributed by atoms with E-state index < -0.39 is 0 Å². The molecule has 1 saturated heterocycles. The van der Waals surface area contributed by atoms with Crippen LogP contribution in [-0.4, -0.2) is 46.9 Å². The van der Waals surface area contributed by atoms with E-state index >= 15 is 0 Å². The van der Waals surface area contributed by atoms with Gasteiger partial charge in [-0.15, -0.1) is 0 Å². The lowest BCUT2D eigenvalue weighted by Crippen LogP contribution is -2.57. The maximum Gasteiger partial charge on any atom is 0.291 e. The number of carbonyl (C=O) groups excluding carboxylic acids is 2. The van der Waals surface area contributed by atoms with Gasteiger partial charge in [-0.1, -0.05) is 18.6 Å². The lowest BCUT2D eigenvalue weighted by Gasteiger charge is -2.41. The number of oxazole rings is 1. The molecule has 0 radical (unpaired) electrons. The van der Waals surface area contributed by atoms with Gasteiger partial charge in [-0.05, 0) is 51.2 Å². The number of carbonyl (C=O) groups is 2. The van der Waals surface area contributed by atoms with Crippen LogP contribution in [0.2, 0.25) is 0 Å². The lowest BCUT2D eigenvalue weighted by molar-refractivity contribution is 0.0475. The van der Waals surface area contributed by atoms with E-state index in [1.165, 1.54) is 6.39 Å². The summed E-state index contributed by atoms with van der Waals surface area (Å²) in [4.78, 5) is 32.1. The molecule has 1 aromatic carbocycles. The van der Waals surface area contributed by atoms with Crippen molar-refractivity contribution in [2.75, 3.05) is 13.2 Å². The van der Waals surface area contributed by atoms with Crippen molar-refractivity contribution in [2.24, 2.45) is 0 Å². The molecule has 2 aliphatic rings. The molecule has 0 bridgehead atoms. The largest absolute Gasteiger partial charge is 0.493 e. The molecule has 29 heavy (non-hydrogen) atoms. The molecule has 1 N–H and O–H groups in total. The standard InChI is InChI=1S/C22H27N3O4/c1-15-20(29-14-23-15)22(27)25-12-7-9-17-18(25)10-3-2-6-13-28-19-11-5-4-8-16(19)21(26)24-17/h4-5,8,11,14,17-18H,2-3,6-7,9-10,12-13H2,1H3,(H,24,26)/t17-,18-/m0/s1. The van der Waals surface area contributed by atoms with E-state index in [9.17, 15) is 9.59 Å². The number of hydrogen-bond acceptors (Lipinski definition) is 5. The summed E-state index contributed by atoms with van der Waals surface area (Å²) >= 11 is 0. The Morgan fingerprint density at radius 1 is 1.17 bits per heavy atom. The minimum absolute atomic E-state index is 0.0581. The molecule has 0 saturated carbocycles. The lowest BCUT2D eigenvalue weighted by atomic mass is 9.90. The van der Waals surface area contributed by atoms with Gasteiger partial charge in [0.05, 0.1) is 23.9 Å². The predicted octanol–water partition coefficient (Wildman–Crippen LogP) is 3.34. The minimum Gasteiger partial charge on any atom is -0.493 e. The number of hydrogen-bond donors (Lipinski definition) is 1. The highest BCUT2D eigenvalue weighted by Crippen LogP contribution is 2.27. The molecule has 4 rings (SSSR count). The number of nitrogens with one attached hydrogen (secondary N) is 1. The minimum atomic E-state index is -0.152. The Labute approximate surface area is 170 Å².